The summed E-state index contributed by atoms with van der Waals surface area (Å²) >= 11 is 0. The van der Waals surface area contributed by atoms with Gasteiger partial charge in [-0.1, -0.05) is 37.6 Å². The molecule has 2 heteroatoms. The average molecular weight is 274 g/mol. The highest BCUT2D eigenvalue weighted by molar-refractivity contribution is 5.25. The Morgan fingerprint density at radius 1 is 1.20 bits per heavy atom. The van der Waals surface area contributed by atoms with Gasteiger partial charge in [0.25, 0.3) is 0 Å². The number of hydrogen-bond donors (Lipinski definition) is 1. The number of nitrogens with one attached hydrogen (secondary N) is 1. The van der Waals surface area contributed by atoms with Crippen LogP contribution in [0.2, 0.25) is 0 Å². The van der Waals surface area contributed by atoms with Gasteiger partial charge in [-0.05, 0) is 57.8 Å². The molecule has 2 nitrogen and oxygen atoms in total. The van der Waals surface area contributed by atoms with E-state index >= 15 is 0 Å². The van der Waals surface area contributed by atoms with Crippen LogP contribution in [-0.2, 0) is 6.42 Å². The smallest absolute Gasteiger partial charge is 0.0328 e. The molecule has 0 amide bonds. The lowest BCUT2D eigenvalue weighted by atomic mass is 9.75. The summed E-state index contributed by atoms with van der Waals surface area (Å²) in [5, 5.41) is 3.73. The van der Waals surface area contributed by atoms with Gasteiger partial charge in [0.2, 0.25) is 0 Å². The summed E-state index contributed by atoms with van der Waals surface area (Å²) in [6, 6.07) is 9.56. The van der Waals surface area contributed by atoms with Crippen molar-refractivity contribution < 1.29 is 0 Å². The van der Waals surface area contributed by atoms with Crippen LogP contribution >= 0.6 is 0 Å². The minimum absolute atomic E-state index is 0.399. The van der Waals surface area contributed by atoms with Crippen molar-refractivity contribution in [1.82, 2.24) is 10.2 Å². The Bertz CT molecular complexity index is 404. The molecule has 0 aliphatic heterocycles. The molecule has 0 saturated heterocycles. The van der Waals surface area contributed by atoms with Gasteiger partial charge in [0.1, 0.15) is 0 Å². The number of benzene rings is 1. The molecule has 0 spiro atoms. The third kappa shape index (κ3) is 3.42. The first-order valence-electron chi connectivity index (χ1n) is 8.07. The van der Waals surface area contributed by atoms with Crippen molar-refractivity contribution in [3.63, 3.8) is 0 Å². The van der Waals surface area contributed by atoms with Crippen molar-refractivity contribution >= 4 is 0 Å². The minimum atomic E-state index is 0.399. The Kier molecular flexibility index (Phi) is 5.22. The third-order valence-electron chi connectivity index (χ3n) is 4.99. The van der Waals surface area contributed by atoms with Crippen LogP contribution in [0.25, 0.3) is 0 Å². The SMILES string of the molecule is CCCc1ccc(C(C)NCC2(N(C)C)CCC2)cc1. The molecule has 0 heterocycles. The fourth-order valence-corrected chi connectivity index (χ4v) is 3.09. The Morgan fingerprint density at radius 2 is 1.85 bits per heavy atom. The van der Waals surface area contributed by atoms with Crippen molar-refractivity contribution in [2.75, 3.05) is 20.6 Å². The summed E-state index contributed by atoms with van der Waals surface area (Å²) in [5.74, 6) is 0. The van der Waals surface area contributed by atoms with Gasteiger partial charge in [-0.25, -0.2) is 0 Å². The van der Waals surface area contributed by atoms with E-state index < -0.39 is 0 Å². The Labute approximate surface area is 124 Å². The van der Waals surface area contributed by atoms with Crippen LogP contribution in [0.1, 0.15) is 56.7 Å². The van der Waals surface area contributed by atoms with E-state index in [-0.39, 0.29) is 0 Å². The zero-order chi connectivity index (χ0) is 14.6. The van der Waals surface area contributed by atoms with Crippen molar-refractivity contribution in [2.45, 2.75) is 57.5 Å². The van der Waals surface area contributed by atoms with E-state index in [9.17, 15) is 0 Å². The molecular formula is C18H30N2. The highest BCUT2D eigenvalue weighted by Crippen LogP contribution is 2.35. The molecule has 1 saturated carbocycles. The van der Waals surface area contributed by atoms with Crippen LogP contribution < -0.4 is 5.32 Å². The highest BCUT2D eigenvalue weighted by Gasteiger charge is 2.38. The topological polar surface area (TPSA) is 15.3 Å². The van der Waals surface area contributed by atoms with Gasteiger partial charge in [0.05, 0.1) is 0 Å². The van der Waals surface area contributed by atoms with Crippen LogP contribution in [0.3, 0.4) is 0 Å². The molecule has 1 aromatic carbocycles. The van der Waals surface area contributed by atoms with Crippen LogP contribution in [0, 0.1) is 0 Å². The molecule has 1 aromatic rings. The Hall–Kier alpha value is -0.860. The summed E-state index contributed by atoms with van der Waals surface area (Å²) in [6.07, 6.45) is 6.44. The molecule has 0 bridgehead atoms. The normalized spacial score (nSPS) is 18.9. The maximum absolute atomic E-state index is 3.73. The van der Waals surface area contributed by atoms with Gasteiger partial charge >= 0.3 is 0 Å². The summed E-state index contributed by atoms with van der Waals surface area (Å²) in [5.41, 5.74) is 3.25. The summed E-state index contributed by atoms with van der Waals surface area (Å²) in [7, 11) is 4.43. The maximum Gasteiger partial charge on any atom is 0.0328 e. The molecule has 1 fully saturated rings. The molecule has 112 valence electrons. The second-order valence-electron chi connectivity index (χ2n) is 6.57. The molecule has 0 aromatic heterocycles. The van der Waals surface area contributed by atoms with Crippen molar-refractivity contribution in [2.24, 2.45) is 0 Å². The lowest BCUT2D eigenvalue weighted by molar-refractivity contribution is 0.0576. The molecule has 1 N–H and O–H groups in total. The van der Waals surface area contributed by atoms with E-state index in [4.69, 9.17) is 0 Å². The minimum Gasteiger partial charge on any atom is -0.308 e. The van der Waals surface area contributed by atoms with E-state index in [1.807, 2.05) is 0 Å². The summed E-state index contributed by atoms with van der Waals surface area (Å²) < 4.78 is 0. The predicted molar refractivity (Wildman–Crippen MR) is 87.1 cm³/mol. The maximum atomic E-state index is 3.73. The zero-order valence-electron chi connectivity index (χ0n) is 13.6. The molecule has 1 atom stereocenters. The van der Waals surface area contributed by atoms with Crippen LogP contribution in [0.4, 0.5) is 0 Å². The summed E-state index contributed by atoms with van der Waals surface area (Å²) in [4.78, 5) is 2.40. The van der Waals surface area contributed by atoms with Gasteiger partial charge in [-0.3, -0.25) is 0 Å². The van der Waals surface area contributed by atoms with Gasteiger partial charge in [0.15, 0.2) is 0 Å². The van der Waals surface area contributed by atoms with Crippen LogP contribution in [-0.4, -0.2) is 31.1 Å². The van der Waals surface area contributed by atoms with Gasteiger partial charge in [-0.2, -0.15) is 0 Å². The van der Waals surface area contributed by atoms with Crippen LogP contribution in [0.5, 0.6) is 0 Å². The first-order valence-corrected chi connectivity index (χ1v) is 8.07. The molecule has 20 heavy (non-hydrogen) atoms. The second-order valence-corrected chi connectivity index (χ2v) is 6.57. The van der Waals surface area contributed by atoms with Crippen molar-refractivity contribution in [1.29, 1.82) is 0 Å². The van der Waals surface area contributed by atoms with Crippen molar-refractivity contribution in [3.8, 4) is 0 Å². The average Bonchev–Trinajstić information content (AvgIpc) is 2.38. The lowest BCUT2D eigenvalue weighted by Gasteiger charge is -2.48. The van der Waals surface area contributed by atoms with Gasteiger partial charge in [0, 0.05) is 18.1 Å². The first kappa shape index (κ1) is 15.5. The molecule has 0 radical (unpaired) electrons. The largest absolute Gasteiger partial charge is 0.308 e. The molecule has 1 aliphatic rings. The number of rotatable bonds is 7. The fourth-order valence-electron chi connectivity index (χ4n) is 3.09. The predicted octanol–water partition coefficient (Wildman–Crippen LogP) is 3.77. The Morgan fingerprint density at radius 3 is 2.30 bits per heavy atom. The van der Waals surface area contributed by atoms with E-state index in [1.54, 1.807) is 0 Å². The molecular weight excluding hydrogens is 244 g/mol. The standard InChI is InChI=1S/C18H30N2/c1-5-7-16-8-10-17(11-9-16)15(2)19-14-18(20(3)4)12-6-13-18/h8-11,15,19H,5-7,12-14H2,1-4H3. The van der Waals surface area contributed by atoms with Crippen LogP contribution in [0.15, 0.2) is 24.3 Å². The summed E-state index contributed by atoms with van der Waals surface area (Å²) in [6.45, 7) is 5.60. The quantitative estimate of drug-likeness (QED) is 0.814. The van der Waals surface area contributed by atoms with E-state index in [2.05, 4.69) is 62.4 Å². The fraction of sp³-hybridized carbons (Fsp3) is 0.667. The number of likely N-dealkylation sites (N-methyl/N-ethyl adjacent to an activating group) is 1. The van der Waals surface area contributed by atoms with Gasteiger partial charge < -0.3 is 10.2 Å². The van der Waals surface area contributed by atoms with E-state index in [0.29, 0.717) is 11.6 Å². The van der Waals surface area contributed by atoms with Gasteiger partial charge in [-0.15, -0.1) is 0 Å². The van der Waals surface area contributed by atoms with E-state index in [0.717, 1.165) is 6.54 Å². The number of aryl methyl sites for hydroxylation is 1. The molecule has 1 unspecified atom stereocenters. The second kappa shape index (κ2) is 6.73. The third-order valence-corrected chi connectivity index (χ3v) is 4.99. The molecule has 2 rings (SSSR count). The number of hydrogen-bond acceptors (Lipinski definition) is 2. The number of nitrogens with zero attached hydrogens (tertiary/aromatic N) is 1. The van der Waals surface area contributed by atoms with E-state index in [1.165, 1.54) is 43.2 Å². The first-order chi connectivity index (χ1) is 9.57. The lowest BCUT2D eigenvalue weighted by Crippen LogP contribution is -2.56. The molecule has 1 aliphatic carbocycles. The van der Waals surface area contributed by atoms with Crippen molar-refractivity contribution in [3.05, 3.63) is 35.4 Å². The Balaban J connectivity index is 1.89. The highest BCUT2D eigenvalue weighted by atomic mass is 15.2. The monoisotopic (exact) mass is 274 g/mol. The zero-order valence-corrected chi connectivity index (χ0v) is 13.6.